The lowest BCUT2D eigenvalue weighted by atomic mass is 10.1. The van der Waals surface area contributed by atoms with Crippen molar-refractivity contribution in [2.24, 2.45) is 0 Å². The summed E-state index contributed by atoms with van der Waals surface area (Å²) in [7, 11) is 4.02. The Morgan fingerprint density at radius 3 is 1.96 bits per heavy atom. The van der Waals surface area contributed by atoms with Crippen LogP contribution in [0.1, 0.15) is 0 Å². The molecule has 134 valence electrons. The highest BCUT2D eigenvalue weighted by Crippen LogP contribution is 2.26. The monoisotopic (exact) mass is 358 g/mol. The summed E-state index contributed by atoms with van der Waals surface area (Å²) < 4.78 is 1.59. The maximum atomic E-state index is 5.96. The second-order valence-electron chi connectivity index (χ2n) is 6.24. The van der Waals surface area contributed by atoms with E-state index in [9.17, 15) is 0 Å². The van der Waals surface area contributed by atoms with Crippen LogP contribution in [0.5, 0.6) is 0 Å². The lowest BCUT2D eigenvalue weighted by Gasteiger charge is -2.13. The molecule has 8 nitrogen and oxygen atoms in total. The number of hydrogen-bond donors (Lipinski definition) is 1. The van der Waals surface area contributed by atoms with E-state index < -0.39 is 0 Å². The van der Waals surface area contributed by atoms with Gasteiger partial charge >= 0.3 is 0 Å². The summed E-state index contributed by atoms with van der Waals surface area (Å²) in [6.45, 7) is 0. The van der Waals surface area contributed by atoms with Gasteiger partial charge in [-0.3, -0.25) is 0 Å². The van der Waals surface area contributed by atoms with Crippen molar-refractivity contribution in [2.75, 3.05) is 24.7 Å². The lowest BCUT2D eigenvalue weighted by molar-refractivity contribution is 0.789. The summed E-state index contributed by atoms with van der Waals surface area (Å²) in [4.78, 5) is 10.8. The molecule has 27 heavy (non-hydrogen) atoms. The van der Waals surface area contributed by atoms with Gasteiger partial charge in [0.15, 0.2) is 0 Å². The molecule has 0 unspecified atom stereocenters. The number of benzene rings is 2. The van der Waals surface area contributed by atoms with Gasteiger partial charge in [-0.1, -0.05) is 24.3 Å². The third-order valence-electron chi connectivity index (χ3n) is 4.20. The van der Waals surface area contributed by atoms with E-state index in [0.717, 1.165) is 33.9 Å². The molecule has 0 amide bonds. The van der Waals surface area contributed by atoms with E-state index in [2.05, 4.69) is 30.4 Å². The van der Waals surface area contributed by atoms with Crippen LogP contribution in [-0.4, -0.2) is 44.3 Å². The molecule has 0 saturated heterocycles. The van der Waals surface area contributed by atoms with Crippen LogP contribution in [-0.2, 0) is 0 Å². The smallest absolute Gasteiger partial charge is 0.221 e. The van der Waals surface area contributed by atoms with Crippen molar-refractivity contribution in [1.29, 1.82) is 0 Å². The minimum atomic E-state index is 0.240. The minimum absolute atomic E-state index is 0.240. The van der Waals surface area contributed by atoms with Crippen molar-refractivity contribution in [1.82, 2.24) is 30.2 Å². The fourth-order valence-corrected chi connectivity index (χ4v) is 2.76. The molecule has 0 spiro atoms. The first-order valence-corrected chi connectivity index (χ1v) is 8.36. The fraction of sp³-hybridized carbons (Fsp3) is 0.105. The van der Waals surface area contributed by atoms with Crippen molar-refractivity contribution in [3.05, 3.63) is 60.9 Å². The molecule has 0 fully saturated rings. The van der Waals surface area contributed by atoms with Crippen molar-refractivity contribution in [2.45, 2.75) is 0 Å². The molecule has 0 saturated carbocycles. The van der Waals surface area contributed by atoms with Crippen LogP contribution < -0.4 is 10.6 Å². The highest BCUT2D eigenvalue weighted by Gasteiger charge is 2.08. The zero-order valence-corrected chi connectivity index (χ0v) is 15.0. The molecule has 4 aromatic rings. The Labute approximate surface area is 156 Å². The van der Waals surface area contributed by atoms with E-state index in [4.69, 9.17) is 5.73 Å². The van der Waals surface area contributed by atoms with E-state index >= 15 is 0 Å². The molecule has 2 aromatic carbocycles. The maximum Gasteiger partial charge on any atom is 0.221 e. The number of aromatic nitrogens is 6. The van der Waals surface area contributed by atoms with E-state index in [0.29, 0.717) is 0 Å². The maximum absolute atomic E-state index is 5.96. The Morgan fingerprint density at radius 1 is 0.852 bits per heavy atom. The van der Waals surface area contributed by atoms with Gasteiger partial charge in [-0.15, -0.1) is 5.10 Å². The van der Waals surface area contributed by atoms with Gasteiger partial charge in [-0.2, -0.15) is 0 Å². The summed E-state index contributed by atoms with van der Waals surface area (Å²) in [6, 6.07) is 17.9. The molecule has 0 aliphatic carbocycles. The number of nitrogen functional groups attached to an aromatic ring is 1. The Bertz CT molecular complexity index is 1040. The molecule has 0 aliphatic heterocycles. The van der Waals surface area contributed by atoms with Crippen molar-refractivity contribution < 1.29 is 0 Å². The van der Waals surface area contributed by atoms with Crippen LogP contribution in [0.25, 0.3) is 28.2 Å². The molecule has 2 aromatic heterocycles. The third kappa shape index (κ3) is 3.45. The van der Waals surface area contributed by atoms with Crippen LogP contribution in [0.15, 0.2) is 60.9 Å². The summed E-state index contributed by atoms with van der Waals surface area (Å²) >= 11 is 0. The van der Waals surface area contributed by atoms with Gasteiger partial charge < -0.3 is 10.6 Å². The molecule has 8 heteroatoms. The standard InChI is InChI=1S/C19H18N8/c1-26(2)15-7-3-13(4-8-15)17-11-18(23-19(20)22-17)14-5-9-16(10-6-14)27-12-21-24-25-27/h3-12H,1-2H3,(H2,20,22,23). The number of hydrogen-bond acceptors (Lipinski definition) is 7. The zero-order valence-electron chi connectivity index (χ0n) is 15.0. The molecule has 0 bridgehead atoms. The number of nitrogens with two attached hydrogens (primary N) is 1. The van der Waals surface area contributed by atoms with E-state index in [-0.39, 0.29) is 5.95 Å². The van der Waals surface area contributed by atoms with Gasteiger partial charge in [0.1, 0.15) is 6.33 Å². The molecule has 0 aliphatic rings. The van der Waals surface area contributed by atoms with Gasteiger partial charge in [0.05, 0.1) is 17.1 Å². The number of tetrazole rings is 1. The minimum Gasteiger partial charge on any atom is -0.378 e. The first-order valence-electron chi connectivity index (χ1n) is 8.36. The predicted molar refractivity (Wildman–Crippen MR) is 104 cm³/mol. The molecule has 2 heterocycles. The quantitative estimate of drug-likeness (QED) is 0.598. The Morgan fingerprint density at radius 2 is 1.44 bits per heavy atom. The topological polar surface area (TPSA) is 98.6 Å². The second kappa shape index (κ2) is 6.83. The Balaban J connectivity index is 1.68. The van der Waals surface area contributed by atoms with Crippen molar-refractivity contribution >= 4 is 11.6 Å². The summed E-state index contributed by atoms with van der Waals surface area (Å²) in [5.74, 6) is 0.240. The predicted octanol–water partition coefficient (Wildman–Crippen LogP) is 2.43. The SMILES string of the molecule is CN(C)c1ccc(-c2cc(-c3ccc(-n4cnnn4)cc3)nc(N)n2)cc1. The number of anilines is 2. The van der Waals surface area contributed by atoms with Gasteiger partial charge in [0, 0.05) is 30.9 Å². The number of nitrogens with zero attached hydrogens (tertiary/aromatic N) is 7. The summed E-state index contributed by atoms with van der Waals surface area (Å²) in [6.07, 6.45) is 1.55. The molecule has 0 radical (unpaired) electrons. The molecule has 2 N–H and O–H groups in total. The second-order valence-corrected chi connectivity index (χ2v) is 6.24. The number of rotatable bonds is 4. The van der Waals surface area contributed by atoms with Crippen LogP contribution >= 0.6 is 0 Å². The summed E-state index contributed by atoms with van der Waals surface area (Å²) in [5.41, 5.74) is 11.4. The van der Waals surface area contributed by atoms with Crippen LogP contribution in [0.4, 0.5) is 11.6 Å². The van der Waals surface area contributed by atoms with Crippen LogP contribution in [0, 0.1) is 0 Å². The van der Waals surface area contributed by atoms with E-state index in [1.165, 1.54) is 0 Å². The highest BCUT2D eigenvalue weighted by molar-refractivity contribution is 5.70. The largest absolute Gasteiger partial charge is 0.378 e. The molecule has 0 atom stereocenters. The van der Waals surface area contributed by atoms with Crippen LogP contribution in [0.3, 0.4) is 0 Å². The van der Waals surface area contributed by atoms with E-state index in [1.54, 1.807) is 11.0 Å². The van der Waals surface area contributed by atoms with Crippen LogP contribution in [0.2, 0.25) is 0 Å². The zero-order chi connectivity index (χ0) is 18.8. The molecule has 4 rings (SSSR count). The molecular weight excluding hydrogens is 340 g/mol. The molecular formula is C19H18N8. The highest BCUT2D eigenvalue weighted by atomic mass is 15.5. The lowest BCUT2D eigenvalue weighted by Crippen LogP contribution is -2.08. The van der Waals surface area contributed by atoms with Crippen molar-refractivity contribution in [3.8, 4) is 28.2 Å². The first-order chi connectivity index (χ1) is 13.1. The average Bonchev–Trinajstić information content (AvgIpc) is 3.22. The third-order valence-corrected chi connectivity index (χ3v) is 4.20. The Hall–Kier alpha value is -3.81. The van der Waals surface area contributed by atoms with E-state index in [1.807, 2.05) is 68.7 Å². The van der Waals surface area contributed by atoms with Gasteiger partial charge in [-0.05, 0) is 40.8 Å². The van der Waals surface area contributed by atoms with Crippen molar-refractivity contribution in [3.63, 3.8) is 0 Å². The van der Waals surface area contributed by atoms with Gasteiger partial charge in [0.2, 0.25) is 5.95 Å². The Kier molecular flexibility index (Phi) is 4.21. The van der Waals surface area contributed by atoms with Gasteiger partial charge in [-0.25, -0.2) is 14.6 Å². The normalized spacial score (nSPS) is 10.7. The first kappa shape index (κ1) is 16.6. The average molecular weight is 358 g/mol. The summed E-state index contributed by atoms with van der Waals surface area (Å²) in [5, 5.41) is 11.2. The van der Waals surface area contributed by atoms with Gasteiger partial charge in [0.25, 0.3) is 0 Å². The fourth-order valence-electron chi connectivity index (χ4n) is 2.76.